The number of rotatable bonds is 1. The molecule has 0 amide bonds. The fourth-order valence-electron chi connectivity index (χ4n) is 1.46. The van der Waals surface area contributed by atoms with Gasteiger partial charge in [0.25, 0.3) is 0 Å². The molecular formula is C10H7ClO2. The Morgan fingerprint density at radius 2 is 2.23 bits per heavy atom. The fraction of sp³-hybridized carbons (Fsp3) is 0.100. The molecule has 1 aliphatic rings. The number of aliphatic hydroxyl groups is 1. The zero-order chi connectivity index (χ0) is 9.42. The third kappa shape index (κ3) is 1.28. The van der Waals surface area contributed by atoms with Crippen LogP contribution in [0.2, 0.25) is 5.02 Å². The second kappa shape index (κ2) is 2.98. The van der Waals surface area contributed by atoms with Gasteiger partial charge in [0, 0.05) is 10.6 Å². The summed E-state index contributed by atoms with van der Waals surface area (Å²) in [5.74, 6) is 0. The number of halogens is 1. The summed E-state index contributed by atoms with van der Waals surface area (Å²) in [5.41, 5.74) is 1.95. The molecule has 1 atom stereocenters. The van der Waals surface area contributed by atoms with Crippen LogP contribution < -0.4 is 0 Å². The Balaban J connectivity index is 2.55. The van der Waals surface area contributed by atoms with E-state index < -0.39 is 6.10 Å². The minimum Gasteiger partial charge on any atom is -0.384 e. The lowest BCUT2D eigenvalue weighted by Crippen LogP contribution is -1.97. The highest BCUT2D eigenvalue weighted by molar-refractivity contribution is 6.30. The first-order valence-electron chi connectivity index (χ1n) is 3.86. The quantitative estimate of drug-likeness (QED) is 0.694. The fourth-order valence-corrected chi connectivity index (χ4v) is 1.64. The van der Waals surface area contributed by atoms with E-state index in [1.165, 1.54) is 0 Å². The molecule has 1 unspecified atom stereocenters. The molecule has 66 valence electrons. The van der Waals surface area contributed by atoms with Gasteiger partial charge in [-0.2, -0.15) is 0 Å². The van der Waals surface area contributed by atoms with Gasteiger partial charge in [-0.1, -0.05) is 17.7 Å². The largest absolute Gasteiger partial charge is 0.384 e. The minimum atomic E-state index is -0.787. The van der Waals surface area contributed by atoms with Crippen molar-refractivity contribution >= 4 is 24.0 Å². The smallest absolute Gasteiger partial charge is 0.149 e. The van der Waals surface area contributed by atoms with Gasteiger partial charge in [-0.05, 0) is 29.3 Å². The summed E-state index contributed by atoms with van der Waals surface area (Å²) in [4.78, 5) is 10.5. The van der Waals surface area contributed by atoms with Crippen LogP contribution >= 0.6 is 11.6 Å². The highest BCUT2D eigenvalue weighted by Gasteiger charge is 2.22. The number of aldehydes is 1. The highest BCUT2D eigenvalue weighted by atomic mass is 35.5. The topological polar surface area (TPSA) is 37.3 Å². The van der Waals surface area contributed by atoms with E-state index in [0.29, 0.717) is 16.9 Å². The van der Waals surface area contributed by atoms with Gasteiger partial charge < -0.3 is 5.11 Å². The second-order valence-corrected chi connectivity index (χ2v) is 3.37. The number of carbonyl (C=O) groups excluding carboxylic acids is 1. The molecule has 2 nitrogen and oxygen atoms in total. The number of benzene rings is 1. The Kier molecular flexibility index (Phi) is 1.94. The molecule has 0 bridgehead atoms. The SMILES string of the molecule is O=CC1=Cc2cc(Cl)ccc2C1O. The van der Waals surface area contributed by atoms with Gasteiger partial charge in [0.15, 0.2) is 0 Å². The molecule has 0 heterocycles. The number of hydrogen-bond donors (Lipinski definition) is 1. The van der Waals surface area contributed by atoms with E-state index in [2.05, 4.69) is 0 Å². The van der Waals surface area contributed by atoms with Crippen LogP contribution in [0.5, 0.6) is 0 Å². The molecule has 1 aromatic rings. The predicted molar refractivity (Wildman–Crippen MR) is 50.5 cm³/mol. The van der Waals surface area contributed by atoms with Crippen LogP contribution in [0, 0.1) is 0 Å². The monoisotopic (exact) mass is 194 g/mol. The minimum absolute atomic E-state index is 0.386. The van der Waals surface area contributed by atoms with Crippen LogP contribution in [0.15, 0.2) is 23.8 Å². The Labute approximate surface area is 80.5 Å². The van der Waals surface area contributed by atoms with Crippen molar-refractivity contribution in [3.8, 4) is 0 Å². The predicted octanol–water partition coefficient (Wildman–Crippen LogP) is 1.97. The maximum atomic E-state index is 10.5. The molecule has 13 heavy (non-hydrogen) atoms. The van der Waals surface area contributed by atoms with Crippen molar-refractivity contribution < 1.29 is 9.90 Å². The van der Waals surface area contributed by atoms with Gasteiger partial charge in [-0.3, -0.25) is 4.79 Å². The van der Waals surface area contributed by atoms with Gasteiger partial charge >= 0.3 is 0 Å². The molecule has 2 rings (SSSR count). The summed E-state index contributed by atoms with van der Waals surface area (Å²) >= 11 is 5.76. The Bertz CT molecular complexity index is 396. The summed E-state index contributed by atoms with van der Waals surface area (Å²) in [6.07, 6.45) is 1.53. The van der Waals surface area contributed by atoms with E-state index >= 15 is 0 Å². The molecule has 0 fully saturated rings. The van der Waals surface area contributed by atoms with Crippen molar-refractivity contribution in [2.24, 2.45) is 0 Å². The van der Waals surface area contributed by atoms with Crippen LogP contribution in [0.3, 0.4) is 0 Å². The first kappa shape index (κ1) is 8.48. The second-order valence-electron chi connectivity index (χ2n) is 2.94. The lowest BCUT2D eigenvalue weighted by molar-refractivity contribution is -0.105. The molecule has 0 saturated heterocycles. The number of hydrogen-bond acceptors (Lipinski definition) is 2. The zero-order valence-electron chi connectivity index (χ0n) is 6.70. The van der Waals surface area contributed by atoms with Crippen LogP contribution in [-0.2, 0) is 4.79 Å². The third-order valence-electron chi connectivity index (χ3n) is 2.12. The molecule has 0 spiro atoms. The molecule has 1 aromatic carbocycles. The Morgan fingerprint density at radius 3 is 2.92 bits per heavy atom. The summed E-state index contributed by atoms with van der Waals surface area (Å²) in [6, 6.07) is 5.16. The molecule has 0 radical (unpaired) electrons. The van der Waals surface area contributed by atoms with Crippen LogP contribution in [0.4, 0.5) is 0 Å². The first-order valence-corrected chi connectivity index (χ1v) is 4.24. The van der Waals surface area contributed by atoms with Crippen LogP contribution in [-0.4, -0.2) is 11.4 Å². The third-order valence-corrected chi connectivity index (χ3v) is 2.35. The van der Waals surface area contributed by atoms with Gasteiger partial charge in [-0.15, -0.1) is 0 Å². The summed E-state index contributed by atoms with van der Waals surface area (Å²) in [5, 5.41) is 10.2. The van der Waals surface area contributed by atoms with Crippen molar-refractivity contribution in [3.05, 3.63) is 39.9 Å². The van der Waals surface area contributed by atoms with Crippen LogP contribution in [0.1, 0.15) is 17.2 Å². The highest BCUT2D eigenvalue weighted by Crippen LogP contribution is 2.34. The standard InChI is InChI=1S/C10H7ClO2/c11-8-1-2-9-6(4-8)3-7(5-12)10(9)13/h1-5,10,13H. The number of fused-ring (bicyclic) bond motifs is 1. The first-order chi connectivity index (χ1) is 6.22. The molecular weight excluding hydrogens is 188 g/mol. The average Bonchev–Trinajstić information content (AvgIpc) is 2.42. The molecule has 0 saturated carbocycles. The Morgan fingerprint density at radius 1 is 1.46 bits per heavy atom. The molecule has 0 aliphatic heterocycles. The normalized spacial score (nSPS) is 19.5. The summed E-state index contributed by atoms with van der Waals surface area (Å²) in [7, 11) is 0. The maximum absolute atomic E-state index is 10.5. The van der Waals surface area contributed by atoms with E-state index in [0.717, 1.165) is 11.1 Å². The summed E-state index contributed by atoms with van der Waals surface area (Å²) in [6.45, 7) is 0. The number of carbonyl (C=O) groups is 1. The number of aliphatic hydroxyl groups excluding tert-OH is 1. The van der Waals surface area contributed by atoms with E-state index in [9.17, 15) is 9.90 Å². The lowest BCUT2D eigenvalue weighted by Gasteiger charge is -2.04. The van der Waals surface area contributed by atoms with Gasteiger partial charge in [0.1, 0.15) is 12.4 Å². The molecule has 1 N–H and O–H groups in total. The molecule has 1 aliphatic carbocycles. The van der Waals surface area contributed by atoms with Crippen molar-refractivity contribution in [1.82, 2.24) is 0 Å². The van der Waals surface area contributed by atoms with Crippen molar-refractivity contribution in [2.75, 3.05) is 0 Å². The van der Waals surface area contributed by atoms with Crippen LogP contribution in [0.25, 0.3) is 6.08 Å². The van der Waals surface area contributed by atoms with Gasteiger partial charge in [0.05, 0.1) is 0 Å². The zero-order valence-corrected chi connectivity index (χ0v) is 7.45. The summed E-state index contributed by atoms with van der Waals surface area (Å²) < 4.78 is 0. The molecule has 0 aromatic heterocycles. The Hall–Kier alpha value is -1.12. The maximum Gasteiger partial charge on any atom is 0.149 e. The van der Waals surface area contributed by atoms with Crippen molar-refractivity contribution in [2.45, 2.75) is 6.10 Å². The van der Waals surface area contributed by atoms with E-state index in [-0.39, 0.29) is 0 Å². The van der Waals surface area contributed by atoms with E-state index in [1.807, 2.05) is 0 Å². The van der Waals surface area contributed by atoms with Crippen molar-refractivity contribution in [3.63, 3.8) is 0 Å². The molecule has 3 heteroatoms. The van der Waals surface area contributed by atoms with Gasteiger partial charge in [0.2, 0.25) is 0 Å². The lowest BCUT2D eigenvalue weighted by atomic mass is 10.1. The van der Waals surface area contributed by atoms with E-state index in [1.54, 1.807) is 24.3 Å². The van der Waals surface area contributed by atoms with E-state index in [4.69, 9.17) is 11.6 Å². The van der Waals surface area contributed by atoms with Crippen molar-refractivity contribution in [1.29, 1.82) is 0 Å². The van der Waals surface area contributed by atoms with Gasteiger partial charge in [-0.25, -0.2) is 0 Å². The average molecular weight is 195 g/mol.